The van der Waals surface area contributed by atoms with Crippen LogP contribution in [0.3, 0.4) is 0 Å². The highest BCUT2D eigenvalue weighted by molar-refractivity contribution is 7.91. The third-order valence-electron chi connectivity index (χ3n) is 4.09. The first-order chi connectivity index (χ1) is 13.7. The van der Waals surface area contributed by atoms with Gasteiger partial charge in [0, 0.05) is 0 Å². The molecule has 148 valence electrons. The fourth-order valence-electron chi connectivity index (χ4n) is 2.80. The van der Waals surface area contributed by atoms with Crippen molar-refractivity contribution in [3.8, 4) is 11.7 Å². The van der Waals surface area contributed by atoms with Crippen molar-refractivity contribution in [1.82, 2.24) is 19.7 Å². The van der Waals surface area contributed by atoms with Crippen molar-refractivity contribution >= 4 is 38.6 Å². The lowest BCUT2D eigenvalue weighted by atomic mass is 10.2. The number of nitrogens with one attached hydrogen (secondary N) is 1. The Morgan fingerprint density at radius 3 is 2.79 bits per heavy atom. The van der Waals surface area contributed by atoms with E-state index in [1.165, 1.54) is 35.3 Å². The molecule has 2 aromatic carbocycles. The first-order valence-corrected chi connectivity index (χ1v) is 10.1. The van der Waals surface area contributed by atoms with Gasteiger partial charge in [-0.15, -0.1) is 0 Å². The second-order valence-corrected chi connectivity index (χ2v) is 8.49. The van der Waals surface area contributed by atoms with E-state index in [1.54, 1.807) is 25.1 Å². The number of ether oxygens (including phenoxy) is 1. The number of nitrogens with zero attached hydrogens (tertiary/aromatic N) is 3. The Balaban J connectivity index is 1.78. The molecule has 0 aliphatic rings. The van der Waals surface area contributed by atoms with Crippen molar-refractivity contribution in [1.29, 1.82) is 0 Å². The largest absolute Gasteiger partial charge is 0.511 e. The zero-order chi connectivity index (χ0) is 20.8. The van der Waals surface area contributed by atoms with Crippen LogP contribution in [0.5, 0.6) is 5.75 Å². The molecule has 11 heteroatoms. The quantitative estimate of drug-likeness (QED) is 0.471. The van der Waals surface area contributed by atoms with E-state index in [0.717, 1.165) is 5.56 Å². The highest BCUT2D eigenvalue weighted by atomic mass is 35.5. The van der Waals surface area contributed by atoms with Gasteiger partial charge in [-0.05, 0) is 36.8 Å². The number of imidazole rings is 1. The van der Waals surface area contributed by atoms with Crippen molar-refractivity contribution in [2.45, 2.75) is 16.7 Å². The van der Waals surface area contributed by atoms with Crippen molar-refractivity contribution in [3.63, 3.8) is 0 Å². The molecule has 0 bridgehead atoms. The summed E-state index contributed by atoms with van der Waals surface area (Å²) < 4.78 is 31.8. The Bertz CT molecular complexity index is 1360. The average molecular weight is 433 g/mol. The van der Waals surface area contributed by atoms with Crippen molar-refractivity contribution in [2.75, 3.05) is 0 Å². The normalized spacial score (nSPS) is 11.7. The van der Waals surface area contributed by atoms with Gasteiger partial charge in [-0.1, -0.05) is 23.7 Å². The van der Waals surface area contributed by atoms with Crippen LogP contribution in [0.1, 0.15) is 5.56 Å². The predicted octanol–water partition coefficient (Wildman–Crippen LogP) is 3.60. The summed E-state index contributed by atoms with van der Waals surface area (Å²) in [4.78, 5) is 17.9. The van der Waals surface area contributed by atoms with Gasteiger partial charge >= 0.3 is 6.16 Å². The number of aryl methyl sites for hydroxylation is 1. The molecule has 0 fully saturated rings. The van der Waals surface area contributed by atoms with E-state index in [2.05, 4.69) is 19.8 Å². The van der Waals surface area contributed by atoms with Crippen LogP contribution in [0.15, 0.2) is 58.6 Å². The summed E-state index contributed by atoms with van der Waals surface area (Å²) in [6.45, 7) is 1.80. The molecule has 2 heterocycles. The number of aromatic amines is 1. The van der Waals surface area contributed by atoms with E-state index >= 15 is 0 Å². The summed E-state index contributed by atoms with van der Waals surface area (Å²) in [5, 5.41) is 12.7. The first-order valence-electron chi connectivity index (χ1n) is 8.21. The molecule has 0 spiro atoms. The van der Waals surface area contributed by atoms with Crippen LogP contribution >= 0.6 is 11.6 Å². The molecule has 4 rings (SSSR count). The van der Waals surface area contributed by atoms with Gasteiger partial charge in [0.1, 0.15) is 0 Å². The van der Waals surface area contributed by atoms with Gasteiger partial charge in [-0.2, -0.15) is 5.10 Å². The molecule has 4 aromatic rings. The lowest BCUT2D eigenvalue weighted by Gasteiger charge is -2.07. The number of fused-ring (bicyclic) bond motifs is 1. The minimum Gasteiger partial charge on any atom is -0.449 e. The molecule has 0 radical (unpaired) electrons. The highest BCUT2D eigenvalue weighted by Crippen LogP contribution is 2.31. The number of hydrogen-bond donors (Lipinski definition) is 2. The maximum atomic E-state index is 13.0. The number of H-pyrrole nitrogens is 1. The van der Waals surface area contributed by atoms with Gasteiger partial charge in [0.05, 0.1) is 38.2 Å². The summed E-state index contributed by atoms with van der Waals surface area (Å²) >= 11 is 6.25. The molecule has 0 saturated heterocycles. The summed E-state index contributed by atoms with van der Waals surface area (Å²) in [6.07, 6.45) is 1.06. The van der Waals surface area contributed by atoms with E-state index in [-0.39, 0.29) is 26.5 Å². The summed E-state index contributed by atoms with van der Waals surface area (Å²) in [5.41, 5.74) is 1.65. The Kier molecular flexibility index (Phi) is 4.52. The summed E-state index contributed by atoms with van der Waals surface area (Å²) in [6, 6.07) is 9.40. The van der Waals surface area contributed by atoms with Gasteiger partial charge in [0.25, 0.3) is 0 Å². The van der Waals surface area contributed by atoms with Gasteiger partial charge in [-0.25, -0.2) is 22.9 Å². The number of hydrogen-bond acceptors (Lipinski definition) is 6. The SMILES string of the molecule is Cc1cccc(S(=O)(=O)c2cc3[nH]c(-n4cc(OC(=O)O)cn4)nc3cc2Cl)c1. The zero-order valence-electron chi connectivity index (χ0n) is 14.8. The Morgan fingerprint density at radius 1 is 1.28 bits per heavy atom. The van der Waals surface area contributed by atoms with E-state index in [0.29, 0.717) is 11.0 Å². The molecule has 29 heavy (non-hydrogen) atoms. The standard InChI is InChI=1S/C18H13ClN4O5S/c1-10-3-2-4-12(5-10)29(26,27)16-7-15-14(6-13(16)19)21-17(22-15)23-9-11(8-20-23)28-18(24)25/h2-9H,1H3,(H,21,22)(H,24,25). The number of aromatic nitrogens is 4. The Morgan fingerprint density at radius 2 is 2.07 bits per heavy atom. The Labute approximate surface area is 169 Å². The van der Waals surface area contributed by atoms with E-state index in [1.807, 2.05) is 0 Å². The third-order valence-corrected chi connectivity index (χ3v) is 6.31. The van der Waals surface area contributed by atoms with Crippen LogP contribution in [0.2, 0.25) is 5.02 Å². The lowest BCUT2D eigenvalue weighted by molar-refractivity contribution is 0.144. The van der Waals surface area contributed by atoms with Gasteiger partial charge in [0.2, 0.25) is 15.8 Å². The molecule has 0 atom stereocenters. The van der Waals surface area contributed by atoms with Crippen LogP contribution < -0.4 is 4.74 Å². The van der Waals surface area contributed by atoms with Crippen molar-refractivity contribution in [2.24, 2.45) is 0 Å². The lowest BCUT2D eigenvalue weighted by Crippen LogP contribution is -2.03. The number of sulfone groups is 1. The van der Waals surface area contributed by atoms with Crippen LogP contribution in [0.4, 0.5) is 4.79 Å². The monoisotopic (exact) mass is 432 g/mol. The molecular formula is C18H13ClN4O5S. The molecular weight excluding hydrogens is 420 g/mol. The van der Waals surface area contributed by atoms with Crippen LogP contribution in [0, 0.1) is 6.92 Å². The zero-order valence-corrected chi connectivity index (χ0v) is 16.4. The number of halogens is 1. The molecule has 0 unspecified atom stereocenters. The fourth-order valence-corrected chi connectivity index (χ4v) is 4.70. The number of rotatable bonds is 4. The second-order valence-electron chi connectivity index (χ2n) is 6.17. The maximum absolute atomic E-state index is 13.0. The predicted molar refractivity (Wildman–Crippen MR) is 104 cm³/mol. The maximum Gasteiger partial charge on any atom is 0.511 e. The molecule has 0 aliphatic carbocycles. The number of carboxylic acid groups (broad SMARTS) is 1. The smallest absolute Gasteiger partial charge is 0.449 e. The van der Waals surface area contributed by atoms with Crippen LogP contribution in [-0.4, -0.2) is 39.4 Å². The first kappa shape index (κ1) is 19.0. The van der Waals surface area contributed by atoms with E-state index < -0.39 is 16.0 Å². The van der Waals surface area contributed by atoms with Crippen molar-refractivity contribution in [3.05, 3.63) is 59.4 Å². The molecule has 0 saturated carbocycles. The molecule has 2 N–H and O–H groups in total. The molecule has 0 amide bonds. The Hall–Kier alpha value is -3.37. The van der Waals surface area contributed by atoms with Gasteiger partial charge < -0.3 is 14.8 Å². The molecule has 0 aliphatic heterocycles. The average Bonchev–Trinajstić information content (AvgIpc) is 3.26. The molecule has 9 nitrogen and oxygen atoms in total. The summed E-state index contributed by atoms with van der Waals surface area (Å²) in [7, 11) is -3.84. The topological polar surface area (TPSA) is 127 Å². The third kappa shape index (κ3) is 3.55. The van der Waals surface area contributed by atoms with Crippen LogP contribution in [-0.2, 0) is 9.84 Å². The second kappa shape index (κ2) is 6.90. The summed E-state index contributed by atoms with van der Waals surface area (Å²) in [5.74, 6) is 0.250. The number of carbonyl (C=O) groups is 1. The van der Waals surface area contributed by atoms with Crippen LogP contribution in [0.25, 0.3) is 17.0 Å². The van der Waals surface area contributed by atoms with Crippen molar-refractivity contribution < 1.29 is 23.1 Å². The fraction of sp³-hybridized carbons (Fsp3) is 0.0556. The highest BCUT2D eigenvalue weighted by Gasteiger charge is 2.23. The minimum absolute atomic E-state index is 0.0127. The van der Waals surface area contributed by atoms with Gasteiger partial charge in [0.15, 0.2) is 5.75 Å². The number of benzene rings is 2. The minimum atomic E-state index is -3.84. The van der Waals surface area contributed by atoms with E-state index in [9.17, 15) is 13.2 Å². The van der Waals surface area contributed by atoms with E-state index in [4.69, 9.17) is 16.7 Å². The van der Waals surface area contributed by atoms with Gasteiger partial charge in [-0.3, -0.25) is 0 Å². The molecule has 2 aromatic heterocycles.